The molecule has 5 nitrogen and oxygen atoms in total. The van der Waals surface area contributed by atoms with E-state index in [4.69, 9.17) is 11.6 Å². The maximum absolute atomic E-state index is 13.0. The highest BCUT2D eigenvalue weighted by Gasteiger charge is 2.32. The van der Waals surface area contributed by atoms with Gasteiger partial charge in [0.2, 0.25) is 15.9 Å². The van der Waals surface area contributed by atoms with E-state index in [0.29, 0.717) is 10.6 Å². The molecule has 2 aromatic carbocycles. The summed E-state index contributed by atoms with van der Waals surface area (Å²) in [5, 5.41) is 0.556. The fraction of sp³-hybridized carbons (Fsp3) is 0.316. The number of carbonyl (C=O) groups is 1. The lowest BCUT2D eigenvalue weighted by Crippen LogP contribution is -2.39. The Morgan fingerprint density at radius 2 is 1.88 bits per heavy atom. The number of anilines is 1. The summed E-state index contributed by atoms with van der Waals surface area (Å²) in [6.07, 6.45) is 1.93. The zero-order chi connectivity index (χ0) is 18.9. The molecule has 0 fully saturated rings. The van der Waals surface area contributed by atoms with Crippen molar-refractivity contribution in [2.24, 2.45) is 0 Å². The summed E-state index contributed by atoms with van der Waals surface area (Å²) in [6, 6.07) is 14.1. The minimum absolute atomic E-state index is 0.0351. The van der Waals surface area contributed by atoms with E-state index in [1.807, 2.05) is 31.2 Å². The molecule has 2 aromatic rings. The van der Waals surface area contributed by atoms with Gasteiger partial charge in [-0.3, -0.25) is 4.79 Å². The Bertz CT molecular complexity index is 913. The van der Waals surface area contributed by atoms with Crippen LogP contribution in [0.1, 0.15) is 30.5 Å². The van der Waals surface area contributed by atoms with Crippen molar-refractivity contribution < 1.29 is 13.2 Å². The highest BCUT2D eigenvalue weighted by atomic mass is 35.5. The molecule has 1 heterocycles. The Labute approximate surface area is 159 Å². The van der Waals surface area contributed by atoms with Gasteiger partial charge in [-0.15, -0.1) is 0 Å². The summed E-state index contributed by atoms with van der Waals surface area (Å²) in [4.78, 5) is 14.8. The average molecular weight is 393 g/mol. The van der Waals surface area contributed by atoms with Gasteiger partial charge in [-0.05, 0) is 42.7 Å². The van der Waals surface area contributed by atoms with Crippen LogP contribution >= 0.6 is 11.6 Å². The predicted octanol–water partition coefficient (Wildman–Crippen LogP) is 3.30. The summed E-state index contributed by atoms with van der Waals surface area (Å²) >= 11 is 5.92. The number of sulfonamides is 1. The quantitative estimate of drug-likeness (QED) is 0.848. The maximum atomic E-state index is 13.0. The standard InChI is InChI=1S/C19H21ClN2O3S/c1-13-11-15-5-3-4-6-18(15)22(13)19(23)12-17(21-26(2,24)25)14-7-9-16(20)10-8-14/h3-10,13,17,21H,11-12H2,1-2H3/t13-,17+/m1/s1. The Kier molecular flexibility index (Phi) is 5.37. The number of nitrogens with one attached hydrogen (secondary N) is 1. The van der Waals surface area contributed by atoms with Gasteiger partial charge in [0.05, 0.1) is 12.3 Å². The van der Waals surface area contributed by atoms with E-state index in [2.05, 4.69) is 4.72 Å². The van der Waals surface area contributed by atoms with Gasteiger partial charge >= 0.3 is 0 Å². The molecular weight excluding hydrogens is 372 g/mol. The molecule has 0 saturated heterocycles. The fourth-order valence-electron chi connectivity index (χ4n) is 3.40. The van der Waals surface area contributed by atoms with Crippen LogP contribution in [0.3, 0.4) is 0 Å². The molecule has 0 bridgehead atoms. The monoisotopic (exact) mass is 392 g/mol. The second-order valence-electron chi connectivity index (χ2n) is 6.64. The van der Waals surface area contributed by atoms with Crippen LogP contribution in [-0.4, -0.2) is 26.6 Å². The zero-order valence-corrected chi connectivity index (χ0v) is 16.2. The lowest BCUT2D eigenvalue weighted by Gasteiger charge is -2.26. The third kappa shape index (κ3) is 4.26. The number of hydrogen-bond donors (Lipinski definition) is 1. The summed E-state index contributed by atoms with van der Waals surface area (Å²) in [7, 11) is -3.48. The molecule has 0 aromatic heterocycles. The first kappa shape index (κ1) is 18.9. The first-order chi connectivity index (χ1) is 12.2. The molecule has 26 heavy (non-hydrogen) atoms. The number of benzene rings is 2. The van der Waals surface area contributed by atoms with E-state index in [0.717, 1.165) is 23.9 Å². The smallest absolute Gasteiger partial charge is 0.229 e. The Balaban J connectivity index is 1.87. The number of halogens is 1. The molecule has 1 amide bonds. The minimum Gasteiger partial charge on any atom is -0.309 e. The predicted molar refractivity (Wildman–Crippen MR) is 104 cm³/mol. The third-order valence-electron chi connectivity index (χ3n) is 4.48. The Morgan fingerprint density at radius 1 is 1.23 bits per heavy atom. The topological polar surface area (TPSA) is 66.5 Å². The van der Waals surface area contributed by atoms with Crippen molar-refractivity contribution >= 4 is 33.2 Å². The van der Waals surface area contributed by atoms with Crippen LogP contribution in [0.15, 0.2) is 48.5 Å². The molecule has 0 aliphatic carbocycles. The van der Waals surface area contributed by atoms with E-state index in [1.54, 1.807) is 29.2 Å². The molecule has 1 N–H and O–H groups in total. The van der Waals surface area contributed by atoms with Gasteiger partial charge in [0, 0.05) is 23.2 Å². The van der Waals surface area contributed by atoms with E-state index in [1.165, 1.54) is 0 Å². The van der Waals surface area contributed by atoms with Gasteiger partial charge < -0.3 is 4.90 Å². The van der Waals surface area contributed by atoms with Crippen molar-refractivity contribution in [2.45, 2.75) is 31.8 Å². The van der Waals surface area contributed by atoms with Crippen LogP contribution in [0, 0.1) is 0 Å². The summed E-state index contributed by atoms with van der Waals surface area (Å²) in [5.41, 5.74) is 2.74. The molecule has 0 spiro atoms. The van der Waals surface area contributed by atoms with Crippen molar-refractivity contribution in [1.82, 2.24) is 4.72 Å². The van der Waals surface area contributed by atoms with Crippen LogP contribution in [0.2, 0.25) is 5.02 Å². The first-order valence-corrected chi connectivity index (χ1v) is 10.6. The van der Waals surface area contributed by atoms with E-state index >= 15 is 0 Å². The van der Waals surface area contributed by atoms with Crippen LogP contribution in [-0.2, 0) is 21.2 Å². The van der Waals surface area contributed by atoms with Crippen LogP contribution in [0.4, 0.5) is 5.69 Å². The average Bonchev–Trinajstić information content (AvgIpc) is 2.89. The first-order valence-electron chi connectivity index (χ1n) is 8.37. The number of nitrogens with zero attached hydrogens (tertiary/aromatic N) is 1. The minimum atomic E-state index is -3.48. The fourth-order valence-corrected chi connectivity index (χ4v) is 4.26. The molecule has 0 saturated carbocycles. The maximum Gasteiger partial charge on any atom is 0.229 e. The van der Waals surface area contributed by atoms with E-state index in [9.17, 15) is 13.2 Å². The Hall–Kier alpha value is -1.89. The number of para-hydroxylation sites is 1. The van der Waals surface area contributed by atoms with E-state index in [-0.39, 0.29) is 18.4 Å². The summed E-state index contributed by atoms with van der Waals surface area (Å²) in [6.45, 7) is 2.00. The normalized spacial score (nSPS) is 17.8. The van der Waals surface area contributed by atoms with E-state index < -0.39 is 16.1 Å². The molecule has 7 heteroatoms. The number of fused-ring (bicyclic) bond motifs is 1. The highest BCUT2D eigenvalue weighted by molar-refractivity contribution is 7.88. The third-order valence-corrected chi connectivity index (χ3v) is 5.45. The molecule has 138 valence electrons. The lowest BCUT2D eigenvalue weighted by molar-refractivity contribution is -0.119. The van der Waals surface area contributed by atoms with Crippen molar-refractivity contribution in [3.05, 3.63) is 64.7 Å². The van der Waals surface area contributed by atoms with Gasteiger partial charge in [-0.25, -0.2) is 13.1 Å². The van der Waals surface area contributed by atoms with Crippen LogP contribution in [0.5, 0.6) is 0 Å². The van der Waals surface area contributed by atoms with Gasteiger partial charge in [0.1, 0.15) is 0 Å². The summed E-state index contributed by atoms with van der Waals surface area (Å²) < 4.78 is 26.1. The van der Waals surface area contributed by atoms with Gasteiger partial charge in [0.15, 0.2) is 0 Å². The molecule has 2 atom stereocenters. The molecular formula is C19H21ClN2O3S. The van der Waals surface area contributed by atoms with Crippen molar-refractivity contribution in [3.8, 4) is 0 Å². The largest absolute Gasteiger partial charge is 0.309 e. The number of hydrogen-bond acceptors (Lipinski definition) is 3. The van der Waals surface area contributed by atoms with Crippen molar-refractivity contribution in [1.29, 1.82) is 0 Å². The molecule has 1 aliphatic rings. The SMILES string of the molecule is C[C@@H]1Cc2ccccc2N1C(=O)C[C@H](NS(C)(=O)=O)c1ccc(Cl)cc1. The van der Waals surface area contributed by atoms with Gasteiger partial charge in [-0.2, -0.15) is 0 Å². The number of amides is 1. The van der Waals surface area contributed by atoms with Crippen molar-refractivity contribution in [3.63, 3.8) is 0 Å². The number of carbonyl (C=O) groups excluding carboxylic acids is 1. The number of rotatable bonds is 5. The second kappa shape index (κ2) is 7.39. The van der Waals surface area contributed by atoms with Crippen LogP contribution < -0.4 is 9.62 Å². The van der Waals surface area contributed by atoms with Gasteiger partial charge in [0.25, 0.3) is 0 Å². The highest BCUT2D eigenvalue weighted by Crippen LogP contribution is 2.33. The molecule has 3 rings (SSSR count). The molecule has 0 radical (unpaired) electrons. The van der Waals surface area contributed by atoms with Crippen molar-refractivity contribution in [2.75, 3.05) is 11.2 Å². The lowest BCUT2D eigenvalue weighted by atomic mass is 10.0. The van der Waals surface area contributed by atoms with Gasteiger partial charge in [-0.1, -0.05) is 41.9 Å². The molecule has 0 unspecified atom stereocenters. The zero-order valence-electron chi connectivity index (χ0n) is 14.6. The second-order valence-corrected chi connectivity index (χ2v) is 8.86. The Morgan fingerprint density at radius 3 is 2.54 bits per heavy atom. The van der Waals surface area contributed by atoms with Crippen LogP contribution in [0.25, 0.3) is 0 Å². The summed E-state index contributed by atoms with van der Waals surface area (Å²) in [5.74, 6) is -0.112. The molecule has 1 aliphatic heterocycles.